The van der Waals surface area contributed by atoms with Crippen LogP contribution in [0.25, 0.3) is 0 Å². The van der Waals surface area contributed by atoms with Crippen LogP contribution >= 0.6 is 0 Å². The first-order valence-electron chi connectivity index (χ1n) is 4.72. The first kappa shape index (κ1) is 11.4. The Kier molecular flexibility index (Phi) is 2.27. The molecule has 0 spiro atoms. The summed E-state index contributed by atoms with van der Waals surface area (Å²) in [6.07, 6.45) is -2.72. The normalized spacial score (nSPS) is 22.2. The van der Waals surface area contributed by atoms with Gasteiger partial charge in [0, 0.05) is 31.6 Å². The minimum absolute atomic E-state index is 0.0240. The van der Waals surface area contributed by atoms with Crippen LogP contribution in [0.5, 0.6) is 0 Å². The molecular weight excluding hydrogens is 226 g/mol. The van der Waals surface area contributed by atoms with Gasteiger partial charge in [-0.3, -0.25) is 4.68 Å². The van der Waals surface area contributed by atoms with Crippen LogP contribution in [0.2, 0.25) is 0 Å². The number of nitrogens with two attached hydrogens (primary N) is 1. The monoisotopic (exact) mass is 237 g/mol. The average molecular weight is 237 g/mol. The van der Waals surface area contributed by atoms with Crippen molar-refractivity contribution in [3.63, 3.8) is 0 Å². The summed E-state index contributed by atoms with van der Waals surface area (Å²) in [6.45, 7) is 0. The fourth-order valence-electron chi connectivity index (χ4n) is 2.11. The Hall–Kier alpha value is -1.11. The molecular formula is C9H11F4N3. The molecule has 2 rings (SSSR count). The van der Waals surface area contributed by atoms with Crippen molar-refractivity contribution in [1.29, 1.82) is 0 Å². The van der Waals surface area contributed by atoms with E-state index < -0.39 is 36.4 Å². The minimum Gasteiger partial charge on any atom is -0.321 e. The SMILES string of the molecule is Cn1cc(C2(N)CC(F)(F)C2)c(C(F)F)n1. The van der Waals surface area contributed by atoms with Crippen LogP contribution in [0.1, 0.15) is 30.5 Å². The number of halogens is 4. The zero-order chi connectivity index (χ0) is 12.1. The van der Waals surface area contributed by atoms with E-state index in [9.17, 15) is 17.6 Å². The Labute approximate surface area is 89.2 Å². The molecule has 1 aliphatic carbocycles. The third kappa shape index (κ3) is 1.68. The molecule has 0 aromatic carbocycles. The molecule has 0 bridgehead atoms. The van der Waals surface area contributed by atoms with Crippen molar-refractivity contribution in [3.8, 4) is 0 Å². The van der Waals surface area contributed by atoms with E-state index in [-0.39, 0.29) is 5.56 Å². The van der Waals surface area contributed by atoms with E-state index in [0.29, 0.717) is 0 Å². The molecule has 0 unspecified atom stereocenters. The Balaban J connectivity index is 2.34. The topological polar surface area (TPSA) is 43.8 Å². The Bertz CT molecular complexity index is 405. The van der Waals surface area contributed by atoms with Crippen LogP contribution in [0, 0.1) is 0 Å². The molecule has 3 nitrogen and oxygen atoms in total. The van der Waals surface area contributed by atoms with Gasteiger partial charge in [0.25, 0.3) is 12.3 Å². The molecule has 1 aromatic heterocycles. The summed E-state index contributed by atoms with van der Waals surface area (Å²) in [4.78, 5) is 0. The molecule has 1 heterocycles. The summed E-state index contributed by atoms with van der Waals surface area (Å²) in [5.41, 5.74) is 3.84. The first-order chi connectivity index (χ1) is 7.23. The van der Waals surface area contributed by atoms with Crippen molar-refractivity contribution in [1.82, 2.24) is 9.78 Å². The number of aromatic nitrogens is 2. The Morgan fingerprint density at radius 2 is 2.00 bits per heavy atom. The predicted molar refractivity (Wildman–Crippen MR) is 48.2 cm³/mol. The summed E-state index contributed by atoms with van der Waals surface area (Å²) < 4.78 is 51.9. The van der Waals surface area contributed by atoms with E-state index in [2.05, 4.69) is 5.10 Å². The van der Waals surface area contributed by atoms with Crippen molar-refractivity contribution >= 4 is 0 Å². The highest BCUT2D eigenvalue weighted by atomic mass is 19.3. The summed E-state index contributed by atoms with van der Waals surface area (Å²) >= 11 is 0. The van der Waals surface area contributed by atoms with E-state index in [1.54, 1.807) is 0 Å². The molecule has 0 amide bonds. The fraction of sp³-hybridized carbons (Fsp3) is 0.667. The van der Waals surface area contributed by atoms with Gasteiger partial charge < -0.3 is 5.73 Å². The van der Waals surface area contributed by atoms with Crippen molar-refractivity contribution in [2.45, 2.75) is 30.7 Å². The van der Waals surface area contributed by atoms with Gasteiger partial charge in [-0.25, -0.2) is 17.6 Å². The quantitative estimate of drug-likeness (QED) is 0.799. The number of nitrogens with zero attached hydrogens (tertiary/aromatic N) is 2. The third-order valence-electron chi connectivity index (χ3n) is 2.75. The Morgan fingerprint density at radius 3 is 2.44 bits per heavy atom. The predicted octanol–water partition coefficient (Wildman–Crippen LogP) is 1.94. The van der Waals surface area contributed by atoms with Crippen LogP contribution < -0.4 is 5.73 Å². The van der Waals surface area contributed by atoms with Crippen LogP contribution in [-0.4, -0.2) is 15.7 Å². The van der Waals surface area contributed by atoms with Gasteiger partial charge in [0.15, 0.2) is 0 Å². The zero-order valence-corrected chi connectivity index (χ0v) is 8.55. The fourth-order valence-corrected chi connectivity index (χ4v) is 2.11. The maximum atomic E-state index is 12.8. The molecule has 7 heteroatoms. The van der Waals surface area contributed by atoms with Crippen molar-refractivity contribution in [2.75, 3.05) is 0 Å². The molecule has 0 aliphatic heterocycles. The molecule has 90 valence electrons. The number of hydrogen-bond donors (Lipinski definition) is 1. The molecule has 0 saturated heterocycles. The van der Waals surface area contributed by atoms with E-state index in [0.717, 1.165) is 0 Å². The lowest BCUT2D eigenvalue weighted by molar-refractivity contribution is -0.125. The molecule has 16 heavy (non-hydrogen) atoms. The number of rotatable bonds is 2. The van der Waals surface area contributed by atoms with Crippen LogP contribution in [0.4, 0.5) is 17.6 Å². The van der Waals surface area contributed by atoms with Crippen molar-refractivity contribution in [2.24, 2.45) is 12.8 Å². The summed E-state index contributed by atoms with van der Waals surface area (Å²) in [5, 5.41) is 3.55. The molecule has 2 N–H and O–H groups in total. The van der Waals surface area contributed by atoms with E-state index in [1.807, 2.05) is 0 Å². The lowest BCUT2D eigenvalue weighted by Gasteiger charge is -2.44. The lowest BCUT2D eigenvalue weighted by Crippen LogP contribution is -2.55. The van der Waals surface area contributed by atoms with Crippen LogP contribution in [0.15, 0.2) is 6.20 Å². The van der Waals surface area contributed by atoms with E-state index in [1.165, 1.54) is 17.9 Å². The molecule has 1 saturated carbocycles. The maximum Gasteiger partial charge on any atom is 0.282 e. The molecule has 1 aliphatic rings. The average Bonchev–Trinajstić information content (AvgIpc) is 2.43. The highest BCUT2D eigenvalue weighted by Gasteiger charge is 2.56. The number of alkyl halides is 4. The second-order valence-electron chi connectivity index (χ2n) is 4.27. The Morgan fingerprint density at radius 1 is 1.44 bits per heavy atom. The summed E-state index contributed by atoms with van der Waals surface area (Å²) in [6, 6.07) is 0. The number of aryl methyl sites for hydroxylation is 1. The smallest absolute Gasteiger partial charge is 0.282 e. The second-order valence-corrected chi connectivity index (χ2v) is 4.27. The van der Waals surface area contributed by atoms with Gasteiger partial charge in [-0.1, -0.05) is 0 Å². The largest absolute Gasteiger partial charge is 0.321 e. The summed E-state index contributed by atoms with van der Waals surface area (Å²) in [7, 11) is 1.45. The second kappa shape index (κ2) is 3.19. The molecule has 1 fully saturated rings. The van der Waals surface area contributed by atoms with Gasteiger partial charge in [-0.05, 0) is 0 Å². The first-order valence-corrected chi connectivity index (χ1v) is 4.72. The van der Waals surface area contributed by atoms with Gasteiger partial charge in [0.2, 0.25) is 0 Å². The van der Waals surface area contributed by atoms with Crippen LogP contribution in [0.3, 0.4) is 0 Å². The third-order valence-corrected chi connectivity index (χ3v) is 2.75. The minimum atomic E-state index is -2.86. The van der Waals surface area contributed by atoms with Gasteiger partial charge in [-0.15, -0.1) is 0 Å². The summed E-state index contributed by atoms with van der Waals surface area (Å²) in [5.74, 6) is -2.86. The van der Waals surface area contributed by atoms with Gasteiger partial charge >= 0.3 is 0 Å². The highest BCUT2D eigenvalue weighted by Crippen LogP contribution is 2.51. The lowest BCUT2D eigenvalue weighted by atomic mass is 9.70. The molecule has 0 atom stereocenters. The highest BCUT2D eigenvalue weighted by molar-refractivity contribution is 5.31. The number of hydrogen-bond acceptors (Lipinski definition) is 2. The van der Waals surface area contributed by atoms with Crippen molar-refractivity contribution in [3.05, 3.63) is 17.5 Å². The maximum absolute atomic E-state index is 12.8. The van der Waals surface area contributed by atoms with Crippen LogP contribution in [-0.2, 0) is 12.6 Å². The standard InChI is InChI=1S/C9H11F4N3/c1-16-2-5(6(15-16)7(10)11)8(14)3-9(12,13)4-8/h2,7H,3-4,14H2,1H3. The van der Waals surface area contributed by atoms with Gasteiger partial charge in [0.05, 0.1) is 5.54 Å². The van der Waals surface area contributed by atoms with E-state index >= 15 is 0 Å². The van der Waals surface area contributed by atoms with Crippen molar-refractivity contribution < 1.29 is 17.6 Å². The van der Waals surface area contributed by atoms with Gasteiger partial charge in [-0.2, -0.15) is 5.10 Å². The zero-order valence-electron chi connectivity index (χ0n) is 8.55. The molecule has 0 radical (unpaired) electrons. The van der Waals surface area contributed by atoms with Gasteiger partial charge in [0.1, 0.15) is 5.69 Å². The van der Waals surface area contributed by atoms with E-state index in [4.69, 9.17) is 5.73 Å². The molecule has 1 aromatic rings.